The van der Waals surface area contributed by atoms with Gasteiger partial charge in [-0.2, -0.15) is 0 Å². The van der Waals surface area contributed by atoms with E-state index >= 15 is 0 Å². The molecule has 2 N–H and O–H groups in total. The third-order valence-electron chi connectivity index (χ3n) is 2.92. The van der Waals surface area contributed by atoms with E-state index in [0.717, 1.165) is 30.3 Å². The molecule has 0 aromatic heterocycles. The zero-order valence-electron chi connectivity index (χ0n) is 10.2. The van der Waals surface area contributed by atoms with Gasteiger partial charge in [0.05, 0.1) is 0 Å². The van der Waals surface area contributed by atoms with E-state index in [1.807, 2.05) is 20.2 Å². The van der Waals surface area contributed by atoms with Crippen molar-refractivity contribution in [2.24, 2.45) is 0 Å². The molecular weight excluding hydrogens is 257 g/mol. The van der Waals surface area contributed by atoms with E-state index in [-0.39, 0.29) is 12.4 Å². The van der Waals surface area contributed by atoms with Crippen molar-refractivity contribution in [1.82, 2.24) is 10.6 Å². The Kier molecular flexibility index (Phi) is 5.53. The maximum atomic E-state index is 6.31. The van der Waals surface area contributed by atoms with E-state index in [1.165, 1.54) is 5.56 Å². The first-order valence-corrected chi connectivity index (χ1v) is 5.97. The van der Waals surface area contributed by atoms with Crippen molar-refractivity contribution in [3.63, 3.8) is 0 Å². The van der Waals surface area contributed by atoms with Crippen molar-refractivity contribution >= 4 is 29.7 Å². The average molecular weight is 276 g/mol. The Bertz CT molecular complexity index is 363. The summed E-state index contributed by atoms with van der Waals surface area (Å²) in [5, 5.41) is 7.67. The van der Waals surface area contributed by atoms with E-state index in [2.05, 4.69) is 27.7 Å². The summed E-state index contributed by atoms with van der Waals surface area (Å²) in [5.74, 6) is 0. The van der Waals surface area contributed by atoms with Crippen molar-refractivity contribution in [2.75, 3.05) is 38.6 Å². The minimum Gasteiger partial charge on any atom is -0.378 e. The molecule has 2 rings (SSSR count). The molecule has 1 aromatic carbocycles. The Morgan fingerprint density at radius 1 is 1.29 bits per heavy atom. The lowest BCUT2D eigenvalue weighted by atomic mass is 10.0. The van der Waals surface area contributed by atoms with Gasteiger partial charge in [0.25, 0.3) is 0 Å². The summed E-state index contributed by atoms with van der Waals surface area (Å²) in [6.07, 6.45) is 0. The van der Waals surface area contributed by atoms with Crippen molar-refractivity contribution in [1.29, 1.82) is 0 Å². The predicted octanol–water partition coefficient (Wildman–Crippen LogP) is 2.06. The number of nitrogens with zero attached hydrogens (tertiary/aromatic N) is 1. The summed E-state index contributed by atoms with van der Waals surface area (Å²) in [7, 11) is 4.04. The lowest BCUT2D eigenvalue weighted by Gasteiger charge is -2.26. The smallest absolute Gasteiger partial charge is 0.0474 e. The van der Waals surface area contributed by atoms with Gasteiger partial charge in [0.15, 0.2) is 0 Å². The highest BCUT2D eigenvalue weighted by molar-refractivity contribution is 6.31. The van der Waals surface area contributed by atoms with Gasteiger partial charge >= 0.3 is 0 Å². The molecule has 3 nitrogen and oxygen atoms in total. The van der Waals surface area contributed by atoms with Gasteiger partial charge in [0.2, 0.25) is 0 Å². The number of benzene rings is 1. The summed E-state index contributed by atoms with van der Waals surface area (Å²) in [5.41, 5.74) is 2.32. The van der Waals surface area contributed by atoms with Gasteiger partial charge in [-0.3, -0.25) is 0 Å². The first-order chi connectivity index (χ1) is 7.68. The van der Waals surface area contributed by atoms with Crippen LogP contribution >= 0.6 is 24.0 Å². The van der Waals surface area contributed by atoms with Gasteiger partial charge in [-0.1, -0.05) is 17.7 Å². The topological polar surface area (TPSA) is 27.3 Å². The van der Waals surface area contributed by atoms with E-state index in [1.54, 1.807) is 0 Å². The molecule has 1 aromatic rings. The molecule has 1 fully saturated rings. The van der Waals surface area contributed by atoms with Crippen LogP contribution in [0.3, 0.4) is 0 Å². The molecule has 0 aliphatic carbocycles. The second-order valence-electron chi connectivity index (χ2n) is 4.31. The molecule has 1 aliphatic heterocycles. The third-order valence-corrected chi connectivity index (χ3v) is 3.24. The molecule has 1 atom stereocenters. The molecule has 0 unspecified atom stereocenters. The van der Waals surface area contributed by atoms with Gasteiger partial charge in [0, 0.05) is 50.5 Å². The fourth-order valence-corrected chi connectivity index (χ4v) is 2.26. The zero-order valence-corrected chi connectivity index (χ0v) is 11.7. The minimum atomic E-state index is 0. The predicted molar refractivity (Wildman–Crippen MR) is 76.6 cm³/mol. The normalized spacial score (nSPS) is 19.6. The molecule has 1 heterocycles. The van der Waals surface area contributed by atoms with Crippen molar-refractivity contribution in [2.45, 2.75) is 6.04 Å². The Balaban J connectivity index is 0.00000144. The molecule has 0 saturated carbocycles. The number of hydrogen-bond donors (Lipinski definition) is 2. The highest BCUT2D eigenvalue weighted by Gasteiger charge is 2.17. The zero-order chi connectivity index (χ0) is 11.5. The van der Waals surface area contributed by atoms with Crippen LogP contribution in [-0.4, -0.2) is 33.7 Å². The fourth-order valence-electron chi connectivity index (χ4n) is 1.95. The SMILES string of the molecule is CN(C)c1ccc([C@H]2CNCCN2)c(Cl)c1.Cl. The third kappa shape index (κ3) is 3.49. The Hall–Kier alpha value is -0.480. The van der Waals surface area contributed by atoms with Crippen LogP contribution in [0.2, 0.25) is 5.02 Å². The monoisotopic (exact) mass is 275 g/mol. The molecule has 0 radical (unpaired) electrons. The van der Waals surface area contributed by atoms with Gasteiger partial charge in [0.1, 0.15) is 0 Å². The molecule has 0 spiro atoms. The van der Waals surface area contributed by atoms with E-state index < -0.39 is 0 Å². The molecular formula is C12H19Cl2N3. The standard InChI is InChI=1S/C12H18ClN3.ClH/c1-16(2)9-3-4-10(11(13)7-9)12-8-14-5-6-15-12;/h3-4,7,12,14-15H,5-6,8H2,1-2H3;1H/t12-;/m1./s1. The summed E-state index contributed by atoms with van der Waals surface area (Å²) < 4.78 is 0. The van der Waals surface area contributed by atoms with E-state index in [9.17, 15) is 0 Å². The highest BCUT2D eigenvalue weighted by Crippen LogP contribution is 2.27. The van der Waals surface area contributed by atoms with Crippen LogP contribution in [0.15, 0.2) is 18.2 Å². The second kappa shape index (κ2) is 6.45. The van der Waals surface area contributed by atoms with Crippen molar-refractivity contribution in [3.05, 3.63) is 28.8 Å². The van der Waals surface area contributed by atoms with Crippen LogP contribution in [0, 0.1) is 0 Å². The lowest BCUT2D eigenvalue weighted by molar-refractivity contribution is 0.430. The molecule has 1 saturated heterocycles. The quantitative estimate of drug-likeness (QED) is 0.866. The second-order valence-corrected chi connectivity index (χ2v) is 4.72. The minimum absolute atomic E-state index is 0. The average Bonchev–Trinajstić information content (AvgIpc) is 2.30. The maximum absolute atomic E-state index is 6.31. The summed E-state index contributed by atoms with van der Waals surface area (Å²) >= 11 is 6.31. The number of anilines is 1. The fraction of sp³-hybridized carbons (Fsp3) is 0.500. The van der Waals surface area contributed by atoms with Crippen LogP contribution in [0.25, 0.3) is 0 Å². The highest BCUT2D eigenvalue weighted by atomic mass is 35.5. The van der Waals surface area contributed by atoms with Gasteiger partial charge in [-0.05, 0) is 17.7 Å². The summed E-state index contributed by atoms with van der Waals surface area (Å²) in [6, 6.07) is 6.57. The molecule has 17 heavy (non-hydrogen) atoms. The Labute approximate surface area is 114 Å². The molecule has 96 valence electrons. The lowest BCUT2D eigenvalue weighted by Crippen LogP contribution is -2.42. The van der Waals surface area contributed by atoms with Crippen molar-refractivity contribution < 1.29 is 0 Å². The first-order valence-electron chi connectivity index (χ1n) is 5.59. The van der Waals surface area contributed by atoms with Crippen LogP contribution in [-0.2, 0) is 0 Å². The Morgan fingerprint density at radius 3 is 2.59 bits per heavy atom. The largest absolute Gasteiger partial charge is 0.378 e. The van der Waals surface area contributed by atoms with Crippen LogP contribution in [0.5, 0.6) is 0 Å². The number of hydrogen-bond acceptors (Lipinski definition) is 3. The van der Waals surface area contributed by atoms with Gasteiger partial charge < -0.3 is 15.5 Å². The maximum Gasteiger partial charge on any atom is 0.0474 e. The number of piperazine rings is 1. The van der Waals surface area contributed by atoms with Crippen LogP contribution < -0.4 is 15.5 Å². The first kappa shape index (κ1) is 14.6. The molecule has 0 bridgehead atoms. The van der Waals surface area contributed by atoms with Gasteiger partial charge in [-0.25, -0.2) is 0 Å². The summed E-state index contributed by atoms with van der Waals surface area (Å²) in [4.78, 5) is 2.06. The number of halogens is 2. The van der Waals surface area contributed by atoms with Crippen LogP contribution in [0.1, 0.15) is 11.6 Å². The van der Waals surface area contributed by atoms with Crippen LogP contribution in [0.4, 0.5) is 5.69 Å². The molecule has 1 aliphatic rings. The number of rotatable bonds is 2. The Morgan fingerprint density at radius 2 is 2.06 bits per heavy atom. The van der Waals surface area contributed by atoms with E-state index in [0.29, 0.717) is 6.04 Å². The molecule has 5 heteroatoms. The summed E-state index contributed by atoms with van der Waals surface area (Å²) in [6.45, 7) is 2.97. The number of nitrogens with one attached hydrogen (secondary N) is 2. The van der Waals surface area contributed by atoms with Crippen molar-refractivity contribution in [3.8, 4) is 0 Å². The van der Waals surface area contributed by atoms with Gasteiger partial charge in [-0.15, -0.1) is 12.4 Å². The molecule has 0 amide bonds. The van der Waals surface area contributed by atoms with E-state index in [4.69, 9.17) is 11.6 Å².